The number of aromatic nitrogens is 4. The molecule has 12 nitrogen and oxygen atoms in total. The van der Waals surface area contributed by atoms with Gasteiger partial charge in [0.2, 0.25) is 16.4 Å². The fourth-order valence-corrected chi connectivity index (χ4v) is 4.98. The zero-order valence-electron chi connectivity index (χ0n) is 23.5. The highest BCUT2D eigenvalue weighted by Crippen LogP contribution is 2.31. The topological polar surface area (TPSA) is 134 Å². The summed E-state index contributed by atoms with van der Waals surface area (Å²) in [5.74, 6) is -0.562. The van der Waals surface area contributed by atoms with E-state index in [-0.39, 0.29) is 73.2 Å². The quantitative estimate of drug-likeness (QED) is 0.413. The predicted molar refractivity (Wildman–Crippen MR) is 151 cm³/mol. The molecule has 0 unspecified atom stereocenters. The van der Waals surface area contributed by atoms with E-state index in [0.717, 1.165) is 16.6 Å². The summed E-state index contributed by atoms with van der Waals surface area (Å²) >= 11 is 3.17. The van der Waals surface area contributed by atoms with E-state index in [1.165, 1.54) is 22.5 Å². The van der Waals surface area contributed by atoms with Gasteiger partial charge < -0.3 is 29.5 Å². The largest absolute Gasteiger partial charge is 0.444 e. The van der Waals surface area contributed by atoms with Gasteiger partial charge in [-0.3, -0.25) is 9.59 Å². The van der Waals surface area contributed by atoms with Gasteiger partial charge in [-0.25, -0.2) is 4.79 Å². The van der Waals surface area contributed by atoms with Crippen molar-refractivity contribution in [1.82, 2.24) is 24.1 Å². The number of anilines is 2. The third-order valence-electron chi connectivity index (χ3n) is 6.53. The maximum absolute atomic E-state index is 13.6. The molecule has 0 spiro atoms. The van der Waals surface area contributed by atoms with E-state index < -0.39 is 34.9 Å². The predicted octanol–water partition coefficient (Wildman–Crippen LogP) is 3.21. The van der Waals surface area contributed by atoms with Gasteiger partial charge in [0.15, 0.2) is 0 Å². The first-order valence-electron chi connectivity index (χ1n) is 13.1. The number of fused-ring (bicyclic) bond motifs is 1. The summed E-state index contributed by atoms with van der Waals surface area (Å²) in [5.41, 5.74) is -1.11. The van der Waals surface area contributed by atoms with Crippen molar-refractivity contribution in [2.75, 3.05) is 43.0 Å². The SMILES string of the molecule is Cc1cc(C(F)(F)F)ccc1NC(=O)Cn1c(CCO)c(N2CCN(C(=O)OC(C)(C)C)CC2)c(=O)n2nc(Br)nc12. The van der Waals surface area contributed by atoms with Crippen LogP contribution in [0.1, 0.15) is 37.6 Å². The van der Waals surface area contributed by atoms with Crippen LogP contribution in [0.25, 0.3) is 5.78 Å². The van der Waals surface area contributed by atoms with Gasteiger partial charge in [0.05, 0.1) is 11.3 Å². The lowest BCUT2D eigenvalue weighted by Crippen LogP contribution is -2.52. The average Bonchev–Trinajstić information content (AvgIpc) is 3.28. The molecular formula is C26H31BrF3N7O5. The van der Waals surface area contributed by atoms with Crippen molar-refractivity contribution in [3.8, 4) is 0 Å². The second-order valence-electron chi connectivity index (χ2n) is 10.8. The number of nitrogens with zero attached hydrogens (tertiary/aromatic N) is 6. The molecule has 2 aromatic heterocycles. The molecule has 0 aliphatic carbocycles. The molecule has 1 saturated heterocycles. The first-order chi connectivity index (χ1) is 19.6. The monoisotopic (exact) mass is 657 g/mol. The first-order valence-corrected chi connectivity index (χ1v) is 13.9. The maximum Gasteiger partial charge on any atom is 0.416 e. The zero-order chi connectivity index (χ0) is 31.0. The zero-order valence-corrected chi connectivity index (χ0v) is 25.0. The molecule has 1 aliphatic rings. The van der Waals surface area contributed by atoms with E-state index in [1.807, 2.05) is 0 Å². The van der Waals surface area contributed by atoms with Crippen LogP contribution in [0.5, 0.6) is 0 Å². The molecule has 0 radical (unpaired) electrons. The fraction of sp³-hybridized carbons (Fsp3) is 0.500. The molecule has 0 saturated carbocycles. The summed E-state index contributed by atoms with van der Waals surface area (Å²) < 4.78 is 47.3. The second kappa shape index (κ2) is 11.9. The minimum absolute atomic E-state index is 0.00950. The third kappa shape index (κ3) is 6.86. The number of carbonyl (C=O) groups excluding carboxylic acids is 2. The summed E-state index contributed by atoms with van der Waals surface area (Å²) in [5, 5.41) is 16.7. The molecule has 2 N–H and O–H groups in total. The Labute approximate surface area is 247 Å². The number of carbonyl (C=O) groups is 2. The van der Waals surface area contributed by atoms with Crippen LogP contribution in [0.4, 0.5) is 29.3 Å². The van der Waals surface area contributed by atoms with Gasteiger partial charge in [-0.15, -0.1) is 5.10 Å². The second-order valence-corrected chi connectivity index (χ2v) is 11.5. The van der Waals surface area contributed by atoms with Crippen LogP contribution in [0, 0.1) is 6.92 Å². The Morgan fingerprint density at radius 2 is 1.81 bits per heavy atom. The minimum Gasteiger partial charge on any atom is -0.444 e. The number of rotatable bonds is 6. The average molecular weight is 658 g/mol. The minimum atomic E-state index is -4.52. The maximum atomic E-state index is 13.6. The van der Waals surface area contributed by atoms with Crippen molar-refractivity contribution in [2.45, 2.75) is 52.4 Å². The molecule has 4 rings (SSSR count). The standard InChI is InChI=1S/C26H31BrF3N7O5/c1-15-13-16(26(28,29)30)5-6-17(15)31-19(39)14-36-18(7-12-38)20(21(40)37-23(36)32-22(27)33-37)34-8-10-35(11-9-34)24(41)42-25(2,3)4/h5-6,13,38H,7-12,14H2,1-4H3,(H,31,39). The number of alkyl halides is 3. The number of nitrogens with one attached hydrogen (secondary N) is 1. The molecule has 0 atom stereocenters. The van der Waals surface area contributed by atoms with E-state index in [0.29, 0.717) is 5.69 Å². The molecular weight excluding hydrogens is 627 g/mol. The Balaban J connectivity index is 1.67. The van der Waals surface area contributed by atoms with Gasteiger partial charge in [0, 0.05) is 44.9 Å². The van der Waals surface area contributed by atoms with Gasteiger partial charge in [0.1, 0.15) is 17.8 Å². The lowest BCUT2D eigenvalue weighted by Gasteiger charge is -2.37. The Kier molecular flexibility index (Phi) is 8.87. The molecule has 1 aromatic carbocycles. The van der Waals surface area contributed by atoms with Gasteiger partial charge in [0.25, 0.3) is 5.56 Å². The summed E-state index contributed by atoms with van der Waals surface area (Å²) in [4.78, 5) is 46.9. The van der Waals surface area contributed by atoms with Crippen molar-refractivity contribution >= 4 is 45.1 Å². The molecule has 16 heteroatoms. The number of aryl methyl sites for hydroxylation is 1. The summed E-state index contributed by atoms with van der Waals surface area (Å²) in [7, 11) is 0. The van der Waals surface area contributed by atoms with Gasteiger partial charge >= 0.3 is 12.3 Å². The first kappa shape index (κ1) is 31.3. The van der Waals surface area contributed by atoms with Crippen molar-refractivity contribution in [3.05, 3.63) is 50.1 Å². The fourth-order valence-electron chi connectivity index (χ4n) is 4.66. The van der Waals surface area contributed by atoms with E-state index in [9.17, 15) is 32.7 Å². The van der Waals surface area contributed by atoms with E-state index in [4.69, 9.17) is 4.74 Å². The highest BCUT2D eigenvalue weighted by Gasteiger charge is 2.32. The number of aliphatic hydroxyl groups excluding tert-OH is 1. The van der Waals surface area contributed by atoms with E-state index >= 15 is 0 Å². The molecule has 42 heavy (non-hydrogen) atoms. The lowest BCUT2D eigenvalue weighted by atomic mass is 10.1. The lowest BCUT2D eigenvalue weighted by molar-refractivity contribution is -0.137. The Morgan fingerprint density at radius 3 is 2.38 bits per heavy atom. The van der Waals surface area contributed by atoms with E-state index in [1.54, 1.807) is 25.7 Å². The number of ether oxygens (including phenoxy) is 1. The van der Waals surface area contributed by atoms with Crippen molar-refractivity contribution in [2.24, 2.45) is 0 Å². The highest BCUT2D eigenvalue weighted by molar-refractivity contribution is 9.10. The summed E-state index contributed by atoms with van der Waals surface area (Å²) in [6.45, 7) is 7.09. The number of halogens is 4. The number of hydrogen-bond acceptors (Lipinski definition) is 8. The van der Waals surface area contributed by atoms with Crippen molar-refractivity contribution < 1.29 is 32.6 Å². The Morgan fingerprint density at radius 1 is 1.14 bits per heavy atom. The summed E-state index contributed by atoms with van der Waals surface area (Å²) in [6.07, 6.45) is -5.00. The van der Waals surface area contributed by atoms with Crippen LogP contribution in [-0.4, -0.2) is 79.6 Å². The number of benzene rings is 1. The molecule has 2 amide bonds. The molecule has 3 heterocycles. The van der Waals surface area contributed by atoms with Crippen LogP contribution in [0.15, 0.2) is 27.7 Å². The summed E-state index contributed by atoms with van der Waals surface area (Å²) in [6, 6.07) is 2.99. The van der Waals surface area contributed by atoms with Crippen molar-refractivity contribution in [1.29, 1.82) is 0 Å². The molecule has 0 bridgehead atoms. The normalized spacial score (nSPS) is 14.4. The third-order valence-corrected chi connectivity index (χ3v) is 6.86. The van der Waals surface area contributed by atoms with Crippen LogP contribution in [0.3, 0.4) is 0 Å². The highest BCUT2D eigenvalue weighted by atomic mass is 79.9. The van der Waals surface area contributed by atoms with Gasteiger partial charge in [-0.05, 0) is 67.4 Å². The molecule has 3 aromatic rings. The van der Waals surface area contributed by atoms with Crippen LogP contribution in [0.2, 0.25) is 0 Å². The number of aliphatic hydroxyl groups is 1. The number of piperazine rings is 1. The molecule has 1 fully saturated rings. The van der Waals surface area contributed by atoms with Crippen LogP contribution < -0.4 is 15.8 Å². The molecule has 1 aliphatic heterocycles. The van der Waals surface area contributed by atoms with Crippen molar-refractivity contribution in [3.63, 3.8) is 0 Å². The Hall–Kier alpha value is -3.66. The van der Waals surface area contributed by atoms with Crippen LogP contribution >= 0.6 is 15.9 Å². The van der Waals surface area contributed by atoms with Gasteiger partial charge in [-0.2, -0.15) is 22.7 Å². The van der Waals surface area contributed by atoms with Crippen LogP contribution in [-0.2, 0) is 28.7 Å². The van der Waals surface area contributed by atoms with E-state index in [2.05, 4.69) is 31.3 Å². The number of hydrogen-bond donors (Lipinski definition) is 2. The Bertz CT molecular complexity index is 1560. The number of amides is 2. The smallest absolute Gasteiger partial charge is 0.416 e. The molecule has 228 valence electrons. The van der Waals surface area contributed by atoms with Gasteiger partial charge in [-0.1, -0.05) is 0 Å².